The van der Waals surface area contributed by atoms with Gasteiger partial charge in [0, 0.05) is 30.9 Å². The van der Waals surface area contributed by atoms with Gasteiger partial charge in [-0.3, -0.25) is 4.79 Å². The van der Waals surface area contributed by atoms with Gasteiger partial charge in [-0.2, -0.15) is 8.78 Å². The first kappa shape index (κ1) is 24.4. The van der Waals surface area contributed by atoms with Crippen LogP contribution in [0.3, 0.4) is 0 Å². The predicted octanol–water partition coefficient (Wildman–Crippen LogP) is 3.10. The molecule has 3 N–H and O–H groups in total. The Kier molecular flexibility index (Phi) is 9.88. The van der Waals surface area contributed by atoms with Gasteiger partial charge >= 0.3 is 6.61 Å². The van der Waals surface area contributed by atoms with Gasteiger partial charge in [-0.25, -0.2) is 4.98 Å². The third-order valence-corrected chi connectivity index (χ3v) is 5.00. The average Bonchev–Trinajstić information content (AvgIpc) is 3.25. The number of para-hydroxylation sites is 2. The Hall–Kier alpha value is -1.68. The first-order valence-corrected chi connectivity index (χ1v) is 9.19. The van der Waals surface area contributed by atoms with Crippen LogP contribution in [0.4, 0.5) is 14.5 Å². The zero-order valence-corrected chi connectivity index (χ0v) is 17.3. The van der Waals surface area contributed by atoms with Gasteiger partial charge < -0.3 is 20.7 Å². The van der Waals surface area contributed by atoms with E-state index in [4.69, 9.17) is 5.73 Å². The Balaban J connectivity index is 0.00000196. The molecule has 6 nitrogen and oxygen atoms in total. The van der Waals surface area contributed by atoms with Gasteiger partial charge in [-0.15, -0.1) is 36.2 Å². The Morgan fingerprint density at radius 2 is 2.14 bits per heavy atom. The van der Waals surface area contributed by atoms with Crippen LogP contribution in [-0.4, -0.2) is 43.2 Å². The highest BCUT2D eigenvalue weighted by Gasteiger charge is 2.27. The summed E-state index contributed by atoms with van der Waals surface area (Å²) in [5.74, 6) is -0.0890. The third-order valence-electron chi connectivity index (χ3n) is 4.09. The number of alkyl halides is 2. The lowest BCUT2D eigenvalue weighted by Crippen LogP contribution is -2.37. The minimum absolute atomic E-state index is 0. The van der Waals surface area contributed by atoms with Gasteiger partial charge in [0.1, 0.15) is 11.4 Å². The molecule has 1 aliphatic heterocycles. The number of hydrogen-bond donors (Lipinski definition) is 2. The first-order valence-electron chi connectivity index (χ1n) is 8.31. The van der Waals surface area contributed by atoms with Crippen molar-refractivity contribution in [3.05, 3.63) is 40.3 Å². The van der Waals surface area contributed by atoms with E-state index < -0.39 is 6.61 Å². The Morgan fingerprint density at radius 1 is 1.39 bits per heavy atom. The monoisotopic (exact) mass is 454 g/mol. The van der Waals surface area contributed by atoms with Crippen LogP contribution in [0.1, 0.15) is 21.9 Å². The molecule has 1 aliphatic rings. The summed E-state index contributed by atoms with van der Waals surface area (Å²) in [6, 6.07) is 6.59. The van der Waals surface area contributed by atoms with Crippen molar-refractivity contribution in [1.29, 1.82) is 0 Å². The molecular weight excluding hydrogens is 433 g/mol. The maximum absolute atomic E-state index is 12.6. The average molecular weight is 455 g/mol. The highest BCUT2D eigenvalue weighted by molar-refractivity contribution is 7.09. The molecule has 1 aromatic heterocycles. The van der Waals surface area contributed by atoms with Crippen molar-refractivity contribution in [2.24, 2.45) is 5.73 Å². The summed E-state index contributed by atoms with van der Waals surface area (Å²) in [6.07, 6.45) is 1.37. The van der Waals surface area contributed by atoms with E-state index in [-0.39, 0.29) is 42.5 Å². The molecule has 0 aliphatic carbocycles. The second kappa shape index (κ2) is 11.4. The molecule has 2 aromatic rings. The summed E-state index contributed by atoms with van der Waals surface area (Å²) in [5, 5.41) is 5.51. The lowest BCUT2D eigenvalue weighted by Gasteiger charge is -2.21. The normalized spacial score (nSPS) is 15.7. The molecule has 0 spiro atoms. The lowest BCUT2D eigenvalue weighted by atomic mass is 10.2. The Morgan fingerprint density at radius 3 is 2.86 bits per heavy atom. The molecule has 0 saturated carbocycles. The molecule has 156 valence electrons. The first-order chi connectivity index (χ1) is 12.6. The van der Waals surface area contributed by atoms with E-state index in [0.717, 1.165) is 5.01 Å². The van der Waals surface area contributed by atoms with Crippen LogP contribution in [-0.2, 0) is 6.42 Å². The second-order valence-electron chi connectivity index (χ2n) is 5.92. The minimum Gasteiger partial charge on any atom is -0.433 e. The van der Waals surface area contributed by atoms with E-state index in [2.05, 4.69) is 15.0 Å². The van der Waals surface area contributed by atoms with Gasteiger partial charge in [0.05, 0.1) is 10.7 Å². The fourth-order valence-electron chi connectivity index (χ4n) is 2.92. The van der Waals surface area contributed by atoms with Crippen molar-refractivity contribution in [3.8, 4) is 5.75 Å². The molecule has 2 heterocycles. The lowest BCUT2D eigenvalue weighted by molar-refractivity contribution is -0.0495. The molecule has 11 heteroatoms. The number of carbonyl (C=O) groups excluding carboxylic acids is 1. The van der Waals surface area contributed by atoms with Crippen LogP contribution in [0.25, 0.3) is 0 Å². The van der Waals surface area contributed by atoms with Gasteiger partial charge in [0.15, 0.2) is 0 Å². The van der Waals surface area contributed by atoms with Crippen LogP contribution in [0.2, 0.25) is 0 Å². The molecule has 28 heavy (non-hydrogen) atoms. The molecule has 1 fully saturated rings. The Bertz CT molecular complexity index is 766. The van der Waals surface area contributed by atoms with Crippen molar-refractivity contribution >= 4 is 47.7 Å². The SMILES string of the molecule is Cl.Cl.NCCc1nc(C(=O)NC2CCN(c3ccccc3OC(F)F)C2)cs1. The number of rotatable bonds is 7. The molecule has 1 saturated heterocycles. The predicted molar refractivity (Wildman–Crippen MR) is 111 cm³/mol. The number of nitrogens with one attached hydrogen (secondary N) is 1. The molecular formula is C17H22Cl2F2N4O2S. The van der Waals surface area contributed by atoms with Crippen LogP contribution in [0, 0.1) is 0 Å². The summed E-state index contributed by atoms with van der Waals surface area (Å²) in [5.41, 5.74) is 6.48. The number of amides is 1. The molecule has 1 amide bonds. The van der Waals surface area contributed by atoms with Crippen molar-refractivity contribution in [2.75, 3.05) is 24.5 Å². The van der Waals surface area contributed by atoms with E-state index in [1.165, 1.54) is 17.4 Å². The number of anilines is 1. The highest BCUT2D eigenvalue weighted by Crippen LogP contribution is 2.31. The van der Waals surface area contributed by atoms with Crippen molar-refractivity contribution < 1.29 is 18.3 Å². The second-order valence-corrected chi connectivity index (χ2v) is 6.86. The summed E-state index contributed by atoms with van der Waals surface area (Å²) in [4.78, 5) is 18.5. The number of benzene rings is 1. The maximum Gasteiger partial charge on any atom is 0.387 e. The number of nitrogens with two attached hydrogens (primary N) is 1. The summed E-state index contributed by atoms with van der Waals surface area (Å²) < 4.78 is 29.7. The minimum atomic E-state index is -2.87. The molecule has 1 atom stereocenters. The van der Waals surface area contributed by atoms with Crippen molar-refractivity contribution in [2.45, 2.75) is 25.5 Å². The van der Waals surface area contributed by atoms with Crippen LogP contribution in [0.5, 0.6) is 5.75 Å². The van der Waals surface area contributed by atoms with E-state index in [1.54, 1.807) is 23.6 Å². The zero-order valence-electron chi connectivity index (χ0n) is 14.8. The summed E-state index contributed by atoms with van der Waals surface area (Å²) >= 11 is 1.42. The molecule has 3 rings (SSSR count). The van der Waals surface area contributed by atoms with Crippen LogP contribution < -0.4 is 20.7 Å². The number of carbonyl (C=O) groups is 1. The molecule has 0 bridgehead atoms. The quantitative estimate of drug-likeness (QED) is 0.671. The smallest absolute Gasteiger partial charge is 0.387 e. The number of ether oxygens (including phenoxy) is 1. The fraction of sp³-hybridized carbons (Fsp3) is 0.412. The van der Waals surface area contributed by atoms with E-state index >= 15 is 0 Å². The maximum atomic E-state index is 12.6. The van der Waals surface area contributed by atoms with E-state index in [1.807, 2.05) is 4.90 Å². The number of thiazole rings is 1. The summed E-state index contributed by atoms with van der Waals surface area (Å²) in [7, 11) is 0. The van der Waals surface area contributed by atoms with E-state index in [9.17, 15) is 13.6 Å². The largest absolute Gasteiger partial charge is 0.433 e. The van der Waals surface area contributed by atoms with Crippen molar-refractivity contribution in [3.63, 3.8) is 0 Å². The van der Waals surface area contributed by atoms with E-state index in [0.29, 0.717) is 43.9 Å². The zero-order chi connectivity index (χ0) is 18.5. The Labute approximate surface area is 178 Å². The number of halogens is 4. The van der Waals surface area contributed by atoms with Gasteiger partial charge in [-0.1, -0.05) is 12.1 Å². The highest BCUT2D eigenvalue weighted by atomic mass is 35.5. The standard InChI is InChI=1S/C17H20F2N4O2S.2ClH/c18-17(19)25-14-4-2-1-3-13(14)23-8-6-11(9-23)21-16(24)12-10-26-15(22-12)5-7-20;;/h1-4,10-11,17H,5-9,20H2,(H,21,24);2*1H. The molecule has 0 radical (unpaired) electrons. The number of nitrogens with zero attached hydrogens (tertiary/aromatic N) is 2. The van der Waals surface area contributed by atoms with Gasteiger partial charge in [0.2, 0.25) is 0 Å². The third kappa shape index (κ3) is 6.16. The van der Waals surface area contributed by atoms with Crippen LogP contribution in [0.15, 0.2) is 29.6 Å². The molecule has 1 aromatic carbocycles. The van der Waals surface area contributed by atoms with Crippen LogP contribution >= 0.6 is 36.2 Å². The molecule has 1 unspecified atom stereocenters. The van der Waals surface area contributed by atoms with Gasteiger partial charge in [0.25, 0.3) is 5.91 Å². The summed E-state index contributed by atoms with van der Waals surface area (Å²) in [6.45, 7) is -1.22. The number of hydrogen-bond acceptors (Lipinski definition) is 6. The fourth-order valence-corrected chi connectivity index (χ4v) is 3.72. The topological polar surface area (TPSA) is 80.5 Å². The number of aromatic nitrogens is 1. The van der Waals surface area contributed by atoms with Crippen molar-refractivity contribution in [1.82, 2.24) is 10.3 Å². The van der Waals surface area contributed by atoms with Gasteiger partial charge in [-0.05, 0) is 25.1 Å².